The number of carbonyl (C=O) groups excluding carboxylic acids is 1. The van der Waals surface area contributed by atoms with E-state index in [1.807, 2.05) is 30.3 Å². The fraction of sp³-hybridized carbons (Fsp3) is 0.353. The fourth-order valence-electron chi connectivity index (χ4n) is 2.74. The van der Waals surface area contributed by atoms with Gasteiger partial charge in [-0.1, -0.05) is 30.3 Å². The summed E-state index contributed by atoms with van der Waals surface area (Å²) < 4.78 is 0. The van der Waals surface area contributed by atoms with Crippen molar-refractivity contribution in [2.75, 3.05) is 11.9 Å². The van der Waals surface area contributed by atoms with Gasteiger partial charge in [0.25, 0.3) is 0 Å². The Morgan fingerprint density at radius 1 is 1.23 bits per heavy atom. The molecule has 1 saturated heterocycles. The van der Waals surface area contributed by atoms with Gasteiger partial charge in [-0.05, 0) is 26.3 Å². The molecule has 1 fully saturated rings. The molecule has 1 amide bonds. The van der Waals surface area contributed by atoms with Crippen molar-refractivity contribution in [1.82, 2.24) is 15.3 Å². The molecule has 2 atom stereocenters. The van der Waals surface area contributed by atoms with Crippen molar-refractivity contribution in [3.63, 3.8) is 0 Å². The number of nitrogens with one attached hydrogen (secondary N) is 2. The highest BCUT2D eigenvalue weighted by Crippen LogP contribution is 2.19. The van der Waals surface area contributed by atoms with Gasteiger partial charge < -0.3 is 10.6 Å². The molecule has 0 aliphatic carbocycles. The maximum absolute atomic E-state index is 12.3. The van der Waals surface area contributed by atoms with Crippen LogP contribution in [-0.4, -0.2) is 28.5 Å². The maximum Gasteiger partial charge on any atom is 0.227 e. The SMILES string of the molecule is C[C@H]1C[C@@H](C(=O)Nc2cnc(-c3ccccc3)nc2)CCN1. The maximum atomic E-state index is 12.3. The van der Waals surface area contributed by atoms with Gasteiger partial charge in [0.15, 0.2) is 5.82 Å². The largest absolute Gasteiger partial charge is 0.323 e. The molecule has 1 aliphatic heterocycles. The average molecular weight is 296 g/mol. The molecule has 5 heteroatoms. The molecule has 1 aromatic heterocycles. The monoisotopic (exact) mass is 296 g/mol. The van der Waals surface area contributed by atoms with Crippen LogP contribution in [0.3, 0.4) is 0 Å². The molecule has 2 aromatic rings. The Hall–Kier alpha value is -2.27. The molecule has 3 rings (SSSR count). The molecule has 1 aromatic carbocycles. The molecule has 0 radical (unpaired) electrons. The van der Waals surface area contributed by atoms with Gasteiger partial charge in [-0.15, -0.1) is 0 Å². The summed E-state index contributed by atoms with van der Waals surface area (Å²) in [7, 11) is 0. The van der Waals surface area contributed by atoms with E-state index >= 15 is 0 Å². The first-order chi connectivity index (χ1) is 10.7. The third-order valence-electron chi connectivity index (χ3n) is 3.95. The molecule has 114 valence electrons. The summed E-state index contributed by atoms with van der Waals surface area (Å²) in [6.45, 7) is 3.00. The minimum absolute atomic E-state index is 0.0596. The molecular weight excluding hydrogens is 276 g/mol. The topological polar surface area (TPSA) is 66.9 Å². The van der Waals surface area contributed by atoms with Gasteiger partial charge in [0, 0.05) is 17.5 Å². The first-order valence-electron chi connectivity index (χ1n) is 7.64. The summed E-state index contributed by atoms with van der Waals surface area (Å²) in [5.41, 5.74) is 1.61. The van der Waals surface area contributed by atoms with Crippen molar-refractivity contribution >= 4 is 11.6 Å². The summed E-state index contributed by atoms with van der Waals surface area (Å²) in [4.78, 5) is 20.9. The lowest BCUT2D eigenvalue weighted by molar-refractivity contribution is -0.120. The molecule has 2 heterocycles. The van der Waals surface area contributed by atoms with Crippen LogP contribution >= 0.6 is 0 Å². The van der Waals surface area contributed by atoms with Crippen LogP contribution in [0.2, 0.25) is 0 Å². The lowest BCUT2D eigenvalue weighted by atomic mass is 9.92. The highest BCUT2D eigenvalue weighted by molar-refractivity contribution is 5.92. The van der Waals surface area contributed by atoms with Gasteiger partial charge in [0.1, 0.15) is 0 Å². The lowest BCUT2D eigenvalue weighted by Crippen LogP contribution is -2.40. The van der Waals surface area contributed by atoms with Crippen LogP contribution in [0.1, 0.15) is 19.8 Å². The number of nitrogens with zero attached hydrogens (tertiary/aromatic N) is 2. The van der Waals surface area contributed by atoms with E-state index in [1.54, 1.807) is 12.4 Å². The zero-order valence-electron chi connectivity index (χ0n) is 12.6. The molecule has 0 saturated carbocycles. The standard InChI is InChI=1S/C17H20N4O/c1-12-9-14(7-8-18-12)17(22)21-15-10-19-16(20-11-15)13-5-3-2-4-6-13/h2-6,10-12,14,18H,7-9H2,1H3,(H,21,22)/t12-,14-/m0/s1. The Bertz CT molecular complexity index is 627. The van der Waals surface area contributed by atoms with Crippen molar-refractivity contribution in [2.24, 2.45) is 5.92 Å². The van der Waals surface area contributed by atoms with E-state index in [0.29, 0.717) is 17.6 Å². The molecule has 5 nitrogen and oxygen atoms in total. The summed E-state index contributed by atoms with van der Waals surface area (Å²) in [6.07, 6.45) is 5.07. The number of anilines is 1. The number of benzene rings is 1. The normalized spacial score (nSPS) is 21.3. The Morgan fingerprint density at radius 3 is 2.64 bits per heavy atom. The van der Waals surface area contributed by atoms with Crippen LogP contribution in [0.5, 0.6) is 0 Å². The summed E-state index contributed by atoms with van der Waals surface area (Å²) >= 11 is 0. The third-order valence-corrected chi connectivity index (χ3v) is 3.95. The molecule has 22 heavy (non-hydrogen) atoms. The number of carbonyl (C=O) groups is 1. The van der Waals surface area contributed by atoms with Crippen molar-refractivity contribution in [1.29, 1.82) is 0 Å². The zero-order chi connectivity index (χ0) is 15.4. The number of aromatic nitrogens is 2. The van der Waals surface area contributed by atoms with Crippen LogP contribution < -0.4 is 10.6 Å². The highest BCUT2D eigenvalue weighted by Gasteiger charge is 2.24. The molecule has 0 spiro atoms. The second-order valence-corrected chi connectivity index (χ2v) is 5.73. The number of amides is 1. The van der Waals surface area contributed by atoms with Crippen LogP contribution in [0, 0.1) is 5.92 Å². The number of hydrogen-bond donors (Lipinski definition) is 2. The van der Waals surface area contributed by atoms with Crippen LogP contribution in [0.15, 0.2) is 42.7 Å². The fourth-order valence-corrected chi connectivity index (χ4v) is 2.74. The smallest absolute Gasteiger partial charge is 0.227 e. The van der Waals surface area contributed by atoms with Gasteiger partial charge in [0.2, 0.25) is 5.91 Å². The van der Waals surface area contributed by atoms with E-state index in [-0.39, 0.29) is 11.8 Å². The first kappa shape index (κ1) is 14.7. The molecular formula is C17H20N4O. The van der Waals surface area contributed by atoms with E-state index in [4.69, 9.17) is 0 Å². The Labute approximate surface area is 130 Å². The number of hydrogen-bond acceptors (Lipinski definition) is 4. The highest BCUT2D eigenvalue weighted by atomic mass is 16.1. The second-order valence-electron chi connectivity index (χ2n) is 5.73. The van der Waals surface area contributed by atoms with E-state index in [1.165, 1.54) is 0 Å². The predicted octanol–water partition coefficient (Wildman–Crippen LogP) is 2.47. The van der Waals surface area contributed by atoms with Crippen LogP contribution in [0.25, 0.3) is 11.4 Å². The average Bonchev–Trinajstić information content (AvgIpc) is 2.56. The number of piperidine rings is 1. The van der Waals surface area contributed by atoms with Crippen molar-refractivity contribution in [3.8, 4) is 11.4 Å². The third kappa shape index (κ3) is 3.49. The van der Waals surface area contributed by atoms with Crippen molar-refractivity contribution in [3.05, 3.63) is 42.7 Å². The minimum Gasteiger partial charge on any atom is -0.323 e. The van der Waals surface area contributed by atoms with Gasteiger partial charge in [-0.25, -0.2) is 9.97 Å². The van der Waals surface area contributed by atoms with Crippen molar-refractivity contribution in [2.45, 2.75) is 25.8 Å². The summed E-state index contributed by atoms with van der Waals surface area (Å²) in [5, 5.41) is 6.27. The van der Waals surface area contributed by atoms with Gasteiger partial charge >= 0.3 is 0 Å². The van der Waals surface area contributed by atoms with E-state index in [2.05, 4.69) is 27.5 Å². The molecule has 0 unspecified atom stereocenters. The Kier molecular flexibility index (Phi) is 4.44. The molecule has 1 aliphatic rings. The summed E-state index contributed by atoms with van der Waals surface area (Å²) in [6, 6.07) is 10.2. The quantitative estimate of drug-likeness (QED) is 0.913. The lowest BCUT2D eigenvalue weighted by Gasteiger charge is -2.26. The molecule has 0 bridgehead atoms. The summed E-state index contributed by atoms with van der Waals surface area (Å²) in [5.74, 6) is 0.781. The van der Waals surface area contributed by atoms with E-state index < -0.39 is 0 Å². The van der Waals surface area contributed by atoms with Crippen LogP contribution in [-0.2, 0) is 4.79 Å². The van der Waals surface area contributed by atoms with Gasteiger partial charge in [-0.3, -0.25) is 4.79 Å². The zero-order valence-corrected chi connectivity index (χ0v) is 12.6. The first-order valence-corrected chi connectivity index (χ1v) is 7.64. The second kappa shape index (κ2) is 6.66. The van der Waals surface area contributed by atoms with Gasteiger partial charge in [0.05, 0.1) is 18.1 Å². The number of rotatable bonds is 3. The molecule has 2 N–H and O–H groups in total. The Morgan fingerprint density at radius 2 is 1.95 bits per heavy atom. The Balaban J connectivity index is 1.65. The van der Waals surface area contributed by atoms with Crippen LogP contribution in [0.4, 0.5) is 5.69 Å². The van der Waals surface area contributed by atoms with E-state index in [0.717, 1.165) is 24.9 Å². The van der Waals surface area contributed by atoms with Crippen molar-refractivity contribution < 1.29 is 4.79 Å². The minimum atomic E-state index is 0.0596. The van der Waals surface area contributed by atoms with Gasteiger partial charge in [-0.2, -0.15) is 0 Å². The predicted molar refractivity (Wildman–Crippen MR) is 86.3 cm³/mol. The van der Waals surface area contributed by atoms with E-state index in [9.17, 15) is 4.79 Å².